The predicted octanol–water partition coefficient (Wildman–Crippen LogP) is 2.12. The molecule has 1 aliphatic heterocycles. The van der Waals surface area contributed by atoms with Gasteiger partial charge in [-0.3, -0.25) is 0 Å². The Balaban J connectivity index is 2.55. The highest BCUT2D eigenvalue weighted by atomic mass is 32.2. The highest BCUT2D eigenvalue weighted by Gasteiger charge is 2.22. The van der Waals surface area contributed by atoms with Crippen molar-refractivity contribution >= 4 is 17.3 Å². The molecule has 0 bridgehead atoms. The molecular weight excluding hydrogens is 156 g/mol. The zero-order valence-corrected chi connectivity index (χ0v) is 6.77. The molecule has 1 atom stereocenters. The molecule has 0 saturated heterocycles. The van der Waals surface area contributed by atoms with E-state index >= 15 is 0 Å². The molecule has 1 N–H and O–H groups in total. The lowest BCUT2D eigenvalue weighted by Crippen LogP contribution is -1.93. The van der Waals surface area contributed by atoms with Gasteiger partial charge in [0.15, 0.2) is 0 Å². The maximum absolute atomic E-state index is 9.38. The second-order valence-corrected chi connectivity index (χ2v) is 3.61. The van der Waals surface area contributed by atoms with Crippen LogP contribution in [0.3, 0.4) is 0 Å². The van der Waals surface area contributed by atoms with Crippen LogP contribution in [0.4, 0.5) is 0 Å². The standard InChI is InChI=1S/C9H8OS/c1-6-7-4-2-3-5-8(7)11-9(6)10/h2-5,9-10H,1H2. The third-order valence-corrected chi connectivity index (χ3v) is 2.89. The van der Waals surface area contributed by atoms with Gasteiger partial charge in [0.1, 0.15) is 5.44 Å². The highest BCUT2D eigenvalue weighted by Crippen LogP contribution is 2.41. The Kier molecular flexibility index (Phi) is 1.51. The lowest BCUT2D eigenvalue weighted by molar-refractivity contribution is 0.320. The van der Waals surface area contributed by atoms with E-state index < -0.39 is 5.44 Å². The summed E-state index contributed by atoms with van der Waals surface area (Å²) in [7, 11) is 0. The predicted molar refractivity (Wildman–Crippen MR) is 47.3 cm³/mol. The van der Waals surface area contributed by atoms with E-state index in [1.54, 1.807) is 0 Å². The summed E-state index contributed by atoms with van der Waals surface area (Å²) in [5.74, 6) is 0. The van der Waals surface area contributed by atoms with Crippen LogP contribution < -0.4 is 0 Å². The number of thioether (sulfide) groups is 1. The van der Waals surface area contributed by atoms with Gasteiger partial charge in [0.25, 0.3) is 0 Å². The maximum Gasteiger partial charge on any atom is 0.129 e. The minimum atomic E-state index is -0.438. The number of aliphatic hydroxyl groups excluding tert-OH is 1. The van der Waals surface area contributed by atoms with Gasteiger partial charge in [-0.15, -0.1) is 0 Å². The summed E-state index contributed by atoms with van der Waals surface area (Å²) < 4.78 is 0. The minimum absolute atomic E-state index is 0.438. The molecule has 0 aliphatic carbocycles. The van der Waals surface area contributed by atoms with Crippen LogP contribution in [0, 0.1) is 0 Å². The number of aliphatic hydroxyl groups is 1. The molecule has 2 heteroatoms. The second-order valence-electron chi connectivity index (χ2n) is 2.49. The third kappa shape index (κ3) is 0.988. The molecule has 1 heterocycles. The van der Waals surface area contributed by atoms with Crippen molar-refractivity contribution in [2.45, 2.75) is 10.3 Å². The van der Waals surface area contributed by atoms with Crippen molar-refractivity contribution in [1.29, 1.82) is 0 Å². The zero-order valence-electron chi connectivity index (χ0n) is 5.95. The minimum Gasteiger partial charge on any atom is -0.378 e. The fourth-order valence-corrected chi connectivity index (χ4v) is 2.15. The normalized spacial score (nSPS) is 21.9. The molecule has 1 aromatic rings. The van der Waals surface area contributed by atoms with E-state index in [-0.39, 0.29) is 0 Å². The van der Waals surface area contributed by atoms with Gasteiger partial charge in [-0.2, -0.15) is 0 Å². The first-order valence-electron chi connectivity index (χ1n) is 3.42. The SMILES string of the molecule is C=C1c2ccccc2SC1O. The number of rotatable bonds is 0. The Morgan fingerprint density at radius 1 is 1.36 bits per heavy atom. The molecule has 0 amide bonds. The molecule has 1 unspecified atom stereocenters. The van der Waals surface area contributed by atoms with Crippen LogP contribution in [0.5, 0.6) is 0 Å². The molecule has 0 saturated carbocycles. The number of hydrogen-bond donors (Lipinski definition) is 1. The van der Waals surface area contributed by atoms with Crippen LogP contribution in [0.25, 0.3) is 5.57 Å². The topological polar surface area (TPSA) is 20.2 Å². The number of fused-ring (bicyclic) bond motifs is 1. The molecule has 0 spiro atoms. The summed E-state index contributed by atoms with van der Waals surface area (Å²) in [6.45, 7) is 3.81. The quantitative estimate of drug-likeness (QED) is 0.633. The molecule has 1 aromatic carbocycles. The smallest absolute Gasteiger partial charge is 0.129 e. The van der Waals surface area contributed by atoms with Crippen LogP contribution in [0.1, 0.15) is 5.56 Å². The summed E-state index contributed by atoms with van der Waals surface area (Å²) in [5.41, 5.74) is 1.48. The monoisotopic (exact) mass is 164 g/mol. The number of benzene rings is 1. The maximum atomic E-state index is 9.38. The van der Waals surface area contributed by atoms with E-state index in [1.165, 1.54) is 11.8 Å². The molecule has 56 valence electrons. The van der Waals surface area contributed by atoms with Crippen LogP contribution in [-0.2, 0) is 0 Å². The van der Waals surface area contributed by atoms with Gasteiger partial charge < -0.3 is 5.11 Å². The van der Waals surface area contributed by atoms with Crippen molar-refractivity contribution < 1.29 is 5.11 Å². The number of hydrogen-bond acceptors (Lipinski definition) is 2. The fourth-order valence-electron chi connectivity index (χ4n) is 1.16. The Morgan fingerprint density at radius 2 is 2.09 bits per heavy atom. The van der Waals surface area contributed by atoms with Crippen LogP contribution in [-0.4, -0.2) is 10.5 Å². The molecule has 1 nitrogen and oxygen atoms in total. The molecule has 11 heavy (non-hydrogen) atoms. The molecular formula is C9H8OS. The summed E-state index contributed by atoms with van der Waals surface area (Å²) in [5, 5.41) is 9.38. The fraction of sp³-hybridized carbons (Fsp3) is 0.111. The first-order chi connectivity index (χ1) is 5.29. The highest BCUT2D eigenvalue weighted by molar-refractivity contribution is 8.00. The Hall–Kier alpha value is -0.730. The lowest BCUT2D eigenvalue weighted by Gasteiger charge is -1.98. The van der Waals surface area contributed by atoms with Gasteiger partial charge in [0.05, 0.1) is 0 Å². The molecule has 0 radical (unpaired) electrons. The van der Waals surface area contributed by atoms with Crippen molar-refractivity contribution in [3.63, 3.8) is 0 Å². The van der Waals surface area contributed by atoms with Crippen molar-refractivity contribution in [1.82, 2.24) is 0 Å². The largest absolute Gasteiger partial charge is 0.378 e. The van der Waals surface area contributed by atoms with Gasteiger partial charge in [-0.1, -0.05) is 36.5 Å². The lowest BCUT2D eigenvalue weighted by atomic mass is 10.1. The van der Waals surface area contributed by atoms with Crippen molar-refractivity contribution in [2.24, 2.45) is 0 Å². The first kappa shape index (κ1) is 6.95. The van der Waals surface area contributed by atoms with Gasteiger partial charge in [-0.05, 0) is 17.2 Å². The van der Waals surface area contributed by atoms with Gasteiger partial charge in [0, 0.05) is 4.90 Å². The van der Waals surface area contributed by atoms with Crippen LogP contribution in [0.15, 0.2) is 35.7 Å². The Labute approximate surface area is 69.7 Å². The third-order valence-electron chi connectivity index (χ3n) is 1.77. The molecule has 2 rings (SSSR count). The average Bonchev–Trinajstić information content (AvgIpc) is 2.30. The summed E-state index contributed by atoms with van der Waals surface area (Å²) in [6.07, 6.45) is 0. The molecule has 0 aromatic heterocycles. The Morgan fingerprint density at radius 3 is 2.82 bits per heavy atom. The van der Waals surface area contributed by atoms with E-state index in [1.807, 2.05) is 24.3 Å². The summed E-state index contributed by atoms with van der Waals surface area (Å²) in [6, 6.07) is 7.92. The van der Waals surface area contributed by atoms with Gasteiger partial charge in [0.2, 0.25) is 0 Å². The zero-order chi connectivity index (χ0) is 7.84. The summed E-state index contributed by atoms with van der Waals surface area (Å²) >= 11 is 1.46. The Bertz CT molecular complexity index is 306. The van der Waals surface area contributed by atoms with Crippen molar-refractivity contribution in [2.75, 3.05) is 0 Å². The van der Waals surface area contributed by atoms with Gasteiger partial charge in [-0.25, -0.2) is 0 Å². The van der Waals surface area contributed by atoms with Crippen LogP contribution in [0.2, 0.25) is 0 Å². The average molecular weight is 164 g/mol. The van der Waals surface area contributed by atoms with Gasteiger partial charge >= 0.3 is 0 Å². The molecule has 0 fully saturated rings. The van der Waals surface area contributed by atoms with E-state index in [4.69, 9.17) is 0 Å². The molecule has 1 aliphatic rings. The summed E-state index contributed by atoms with van der Waals surface area (Å²) in [4.78, 5) is 1.13. The van der Waals surface area contributed by atoms with E-state index in [2.05, 4.69) is 6.58 Å². The van der Waals surface area contributed by atoms with E-state index in [0.717, 1.165) is 16.0 Å². The van der Waals surface area contributed by atoms with Crippen molar-refractivity contribution in [3.05, 3.63) is 36.4 Å². The van der Waals surface area contributed by atoms with Crippen LogP contribution >= 0.6 is 11.8 Å². The van der Waals surface area contributed by atoms with E-state index in [9.17, 15) is 5.11 Å². The first-order valence-corrected chi connectivity index (χ1v) is 4.30. The van der Waals surface area contributed by atoms with E-state index in [0.29, 0.717) is 0 Å². The second kappa shape index (κ2) is 2.40. The van der Waals surface area contributed by atoms with Crippen molar-refractivity contribution in [3.8, 4) is 0 Å².